The topological polar surface area (TPSA) is 66.8 Å². The van der Waals surface area contributed by atoms with Crippen molar-refractivity contribution in [2.75, 3.05) is 25.1 Å². The molecule has 116 valence electrons. The van der Waals surface area contributed by atoms with Crippen molar-refractivity contribution < 1.29 is 19.4 Å². The highest BCUT2D eigenvalue weighted by atomic mass is 32.1. The summed E-state index contributed by atoms with van der Waals surface area (Å²) in [5.41, 5.74) is 1.77. The predicted molar refractivity (Wildman–Crippen MR) is 82.4 cm³/mol. The number of thiophene rings is 1. The lowest BCUT2D eigenvalue weighted by atomic mass is 9.95. The molecule has 0 unspecified atom stereocenters. The molecule has 6 heteroatoms. The van der Waals surface area contributed by atoms with Gasteiger partial charge in [-0.15, -0.1) is 11.3 Å². The Morgan fingerprint density at radius 2 is 2.05 bits per heavy atom. The number of carbonyl (C=O) groups is 2. The molecule has 0 spiro atoms. The number of carboxylic acids is 1. The summed E-state index contributed by atoms with van der Waals surface area (Å²) in [6, 6.07) is 0. The van der Waals surface area contributed by atoms with E-state index in [0.29, 0.717) is 18.7 Å². The maximum absolute atomic E-state index is 12.3. The predicted octanol–water partition coefficient (Wildman–Crippen LogP) is 2.71. The number of fused-ring (bicyclic) bond motifs is 1. The van der Waals surface area contributed by atoms with E-state index in [1.54, 1.807) is 18.3 Å². The van der Waals surface area contributed by atoms with Crippen LogP contribution in [0.15, 0.2) is 0 Å². The van der Waals surface area contributed by atoms with Gasteiger partial charge >= 0.3 is 11.9 Å². The van der Waals surface area contributed by atoms with Crippen LogP contribution in [0.25, 0.3) is 0 Å². The van der Waals surface area contributed by atoms with Gasteiger partial charge in [0.05, 0.1) is 18.6 Å². The van der Waals surface area contributed by atoms with Gasteiger partial charge in [0.2, 0.25) is 0 Å². The van der Waals surface area contributed by atoms with E-state index >= 15 is 0 Å². The molecule has 0 bridgehead atoms. The Morgan fingerprint density at radius 3 is 2.71 bits per heavy atom. The van der Waals surface area contributed by atoms with Gasteiger partial charge in [0.15, 0.2) is 0 Å². The van der Waals surface area contributed by atoms with Gasteiger partial charge in [-0.05, 0) is 38.2 Å². The smallest absolute Gasteiger partial charge is 0.341 e. The number of hydrogen-bond donors (Lipinski definition) is 1. The SMILES string of the molecule is CCOC(=O)c1c(N(C)CCC(=O)O)sc2c1CCCC2. The normalized spacial score (nSPS) is 13.6. The minimum absolute atomic E-state index is 0.0569. The highest BCUT2D eigenvalue weighted by Gasteiger charge is 2.28. The summed E-state index contributed by atoms with van der Waals surface area (Å²) in [6.45, 7) is 2.54. The van der Waals surface area contributed by atoms with Crippen LogP contribution in [0.3, 0.4) is 0 Å². The van der Waals surface area contributed by atoms with Crippen LogP contribution in [0.1, 0.15) is 47.0 Å². The summed E-state index contributed by atoms with van der Waals surface area (Å²) < 4.78 is 5.19. The van der Waals surface area contributed by atoms with Crippen molar-refractivity contribution in [2.24, 2.45) is 0 Å². The first-order valence-electron chi connectivity index (χ1n) is 7.29. The molecule has 5 nitrogen and oxygen atoms in total. The highest BCUT2D eigenvalue weighted by Crippen LogP contribution is 2.40. The zero-order valence-electron chi connectivity index (χ0n) is 12.5. The molecule has 0 atom stereocenters. The van der Waals surface area contributed by atoms with Gasteiger partial charge < -0.3 is 14.7 Å². The van der Waals surface area contributed by atoms with E-state index in [2.05, 4.69) is 0 Å². The number of hydrogen-bond acceptors (Lipinski definition) is 5. The minimum Gasteiger partial charge on any atom is -0.481 e. The fourth-order valence-electron chi connectivity index (χ4n) is 2.60. The second-order valence-corrected chi connectivity index (χ2v) is 6.26. The fraction of sp³-hybridized carbons (Fsp3) is 0.600. The monoisotopic (exact) mass is 311 g/mol. The van der Waals surface area contributed by atoms with E-state index in [0.717, 1.165) is 36.2 Å². The lowest BCUT2D eigenvalue weighted by Gasteiger charge is -2.18. The molecule has 1 N–H and O–H groups in total. The molecular formula is C15H21NO4S. The Balaban J connectivity index is 2.32. The van der Waals surface area contributed by atoms with Crippen molar-refractivity contribution >= 4 is 28.3 Å². The standard InChI is InChI=1S/C15H21NO4S/c1-3-20-15(19)13-10-6-4-5-7-11(10)21-14(13)16(2)9-8-12(17)18/h3-9H2,1-2H3,(H,17,18). The summed E-state index contributed by atoms with van der Waals surface area (Å²) in [7, 11) is 1.84. The molecule has 0 aliphatic heterocycles. The first kappa shape index (κ1) is 15.8. The van der Waals surface area contributed by atoms with Gasteiger partial charge in [0.1, 0.15) is 5.00 Å². The van der Waals surface area contributed by atoms with Gasteiger partial charge in [0, 0.05) is 18.5 Å². The molecule has 0 amide bonds. The number of carbonyl (C=O) groups excluding carboxylic acids is 1. The van der Waals surface area contributed by atoms with Crippen LogP contribution in [-0.2, 0) is 22.4 Å². The molecule has 1 heterocycles. The first-order chi connectivity index (χ1) is 10.0. The molecule has 0 saturated heterocycles. The molecule has 21 heavy (non-hydrogen) atoms. The van der Waals surface area contributed by atoms with Crippen LogP contribution in [0, 0.1) is 0 Å². The number of carboxylic acid groups (broad SMARTS) is 1. The summed E-state index contributed by atoms with van der Waals surface area (Å²) in [5, 5.41) is 9.67. The Morgan fingerprint density at radius 1 is 1.33 bits per heavy atom. The van der Waals surface area contributed by atoms with E-state index in [1.165, 1.54) is 4.88 Å². The van der Waals surface area contributed by atoms with Gasteiger partial charge in [-0.3, -0.25) is 4.79 Å². The van der Waals surface area contributed by atoms with Crippen molar-refractivity contribution in [1.29, 1.82) is 0 Å². The largest absolute Gasteiger partial charge is 0.481 e. The van der Waals surface area contributed by atoms with Crippen LogP contribution >= 0.6 is 11.3 Å². The molecule has 1 aliphatic rings. The van der Waals surface area contributed by atoms with Crippen LogP contribution < -0.4 is 4.90 Å². The molecular weight excluding hydrogens is 290 g/mol. The number of rotatable bonds is 6. The molecule has 1 aliphatic carbocycles. The van der Waals surface area contributed by atoms with Crippen molar-refractivity contribution in [3.63, 3.8) is 0 Å². The van der Waals surface area contributed by atoms with Gasteiger partial charge in [-0.1, -0.05) is 0 Å². The molecule has 0 radical (unpaired) electrons. The third kappa shape index (κ3) is 3.56. The Bertz CT molecular complexity index is 538. The van der Waals surface area contributed by atoms with Crippen LogP contribution in [0.5, 0.6) is 0 Å². The third-order valence-corrected chi connectivity index (χ3v) is 5.05. The Labute approximate surface area is 128 Å². The molecule has 0 saturated carbocycles. The first-order valence-corrected chi connectivity index (χ1v) is 8.10. The minimum atomic E-state index is -0.833. The lowest BCUT2D eigenvalue weighted by Crippen LogP contribution is -2.22. The van der Waals surface area contributed by atoms with Gasteiger partial charge in [-0.2, -0.15) is 0 Å². The highest BCUT2D eigenvalue weighted by molar-refractivity contribution is 7.16. The summed E-state index contributed by atoms with van der Waals surface area (Å²) in [5.74, 6) is -1.12. The fourth-order valence-corrected chi connectivity index (χ4v) is 3.96. The number of aliphatic carboxylic acids is 1. The molecule has 0 aromatic carbocycles. The van der Waals surface area contributed by atoms with E-state index in [-0.39, 0.29) is 12.4 Å². The summed E-state index contributed by atoms with van der Waals surface area (Å²) in [4.78, 5) is 26.1. The molecule has 1 aromatic heterocycles. The van der Waals surface area contributed by atoms with Gasteiger partial charge in [0.25, 0.3) is 0 Å². The summed E-state index contributed by atoms with van der Waals surface area (Å²) >= 11 is 1.61. The second-order valence-electron chi connectivity index (χ2n) is 5.18. The van der Waals surface area contributed by atoms with Crippen molar-refractivity contribution in [1.82, 2.24) is 0 Å². The number of aryl methyl sites for hydroxylation is 1. The molecule has 0 fully saturated rings. The average molecular weight is 311 g/mol. The Kier molecular flexibility index (Phi) is 5.22. The van der Waals surface area contributed by atoms with E-state index in [4.69, 9.17) is 9.84 Å². The van der Waals surface area contributed by atoms with E-state index in [1.807, 2.05) is 11.9 Å². The van der Waals surface area contributed by atoms with Crippen molar-refractivity contribution in [3.8, 4) is 0 Å². The quantitative estimate of drug-likeness (QED) is 0.818. The zero-order chi connectivity index (χ0) is 15.4. The van der Waals surface area contributed by atoms with Crippen LogP contribution in [-0.4, -0.2) is 37.2 Å². The average Bonchev–Trinajstić information content (AvgIpc) is 2.84. The van der Waals surface area contributed by atoms with Crippen LogP contribution in [0.2, 0.25) is 0 Å². The summed E-state index contributed by atoms with van der Waals surface area (Å²) in [6.07, 6.45) is 4.20. The lowest BCUT2D eigenvalue weighted by molar-refractivity contribution is -0.136. The van der Waals surface area contributed by atoms with E-state index in [9.17, 15) is 9.59 Å². The molecule has 1 aromatic rings. The Hall–Kier alpha value is -1.56. The maximum atomic E-state index is 12.3. The van der Waals surface area contributed by atoms with Crippen LogP contribution in [0.4, 0.5) is 5.00 Å². The third-order valence-electron chi connectivity index (χ3n) is 3.64. The zero-order valence-corrected chi connectivity index (χ0v) is 13.3. The number of esters is 1. The van der Waals surface area contributed by atoms with Gasteiger partial charge in [-0.25, -0.2) is 4.79 Å². The van der Waals surface area contributed by atoms with Crippen molar-refractivity contribution in [3.05, 3.63) is 16.0 Å². The van der Waals surface area contributed by atoms with E-state index < -0.39 is 5.97 Å². The molecule has 2 rings (SSSR count). The second kappa shape index (κ2) is 6.93. The maximum Gasteiger partial charge on any atom is 0.341 e. The number of ether oxygens (including phenoxy) is 1. The number of nitrogens with zero attached hydrogens (tertiary/aromatic N) is 1. The number of anilines is 1. The van der Waals surface area contributed by atoms with Crippen molar-refractivity contribution in [2.45, 2.75) is 39.0 Å².